The van der Waals surface area contributed by atoms with Crippen molar-refractivity contribution in [1.82, 2.24) is 0 Å². The second-order valence-corrected chi connectivity index (χ2v) is 8.92. The van der Waals surface area contributed by atoms with Crippen LogP contribution in [0.5, 0.6) is 11.5 Å². The summed E-state index contributed by atoms with van der Waals surface area (Å²) in [5, 5.41) is 11.9. The van der Waals surface area contributed by atoms with Crippen LogP contribution in [0, 0.1) is 6.92 Å². The lowest BCUT2D eigenvalue weighted by atomic mass is 9.89. The van der Waals surface area contributed by atoms with Crippen LogP contribution in [0.15, 0.2) is 66.7 Å². The van der Waals surface area contributed by atoms with Crippen LogP contribution in [0.4, 0.5) is 5.69 Å². The standard InChI is InChI=1S/C27H22ClNO5/c1-17-2-4-19(5-3-17)15-29-23-10-8-20(28)13-22(23)27(32,26(29)31)14-21(30)9-6-18-7-11-24-25(12-18)34-16-33-24/h2-13,32H,14-16H2,1H3. The summed E-state index contributed by atoms with van der Waals surface area (Å²) in [6.07, 6.45) is 2.58. The predicted molar refractivity (Wildman–Crippen MR) is 129 cm³/mol. The summed E-state index contributed by atoms with van der Waals surface area (Å²) in [5.74, 6) is 0.317. The molecule has 2 aliphatic heterocycles. The number of amides is 1. The number of hydrogen-bond acceptors (Lipinski definition) is 5. The number of ketones is 1. The molecule has 2 aliphatic rings. The quantitative estimate of drug-likeness (QED) is 0.519. The Labute approximate surface area is 202 Å². The van der Waals surface area contributed by atoms with Gasteiger partial charge in [-0.1, -0.05) is 53.6 Å². The maximum absolute atomic E-state index is 13.4. The molecule has 3 aromatic carbocycles. The van der Waals surface area contributed by atoms with Gasteiger partial charge in [0.25, 0.3) is 5.91 Å². The molecule has 3 aromatic rings. The number of benzene rings is 3. The molecule has 172 valence electrons. The number of hydrogen-bond donors (Lipinski definition) is 1. The second-order valence-electron chi connectivity index (χ2n) is 8.49. The number of rotatable bonds is 6. The molecular formula is C27H22ClNO5. The average molecular weight is 476 g/mol. The minimum absolute atomic E-state index is 0.164. The van der Waals surface area contributed by atoms with Crippen LogP contribution in [0.3, 0.4) is 0 Å². The van der Waals surface area contributed by atoms with Crippen molar-refractivity contribution in [2.45, 2.75) is 25.5 Å². The lowest BCUT2D eigenvalue weighted by Gasteiger charge is -2.22. The molecule has 7 heteroatoms. The van der Waals surface area contributed by atoms with Crippen molar-refractivity contribution in [2.24, 2.45) is 0 Å². The lowest BCUT2D eigenvalue weighted by Crippen LogP contribution is -2.41. The summed E-state index contributed by atoms with van der Waals surface area (Å²) in [7, 11) is 0. The highest BCUT2D eigenvalue weighted by atomic mass is 35.5. The Morgan fingerprint density at radius 2 is 1.85 bits per heavy atom. The van der Waals surface area contributed by atoms with Gasteiger partial charge in [-0.2, -0.15) is 0 Å². The van der Waals surface area contributed by atoms with Gasteiger partial charge in [-0.05, 0) is 54.5 Å². The molecule has 5 rings (SSSR count). The number of ether oxygens (including phenoxy) is 2. The smallest absolute Gasteiger partial charge is 0.264 e. The van der Waals surface area contributed by atoms with E-state index >= 15 is 0 Å². The molecule has 6 nitrogen and oxygen atoms in total. The molecular weight excluding hydrogens is 454 g/mol. The van der Waals surface area contributed by atoms with Crippen molar-refractivity contribution in [3.05, 3.63) is 94.0 Å². The number of fused-ring (bicyclic) bond motifs is 2. The van der Waals surface area contributed by atoms with Crippen LogP contribution in [-0.4, -0.2) is 23.6 Å². The molecule has 1 N–H and O–H groups in total. The molecule has 34 heavy (non-hydrogen) atoms. The predicted octanol–water partition coefficient (Wildman–Crippen LogP) is 4.78. The SMILES string of the molecule is Cc1ccc(CN2C(=O)C(O)(CC(=O)C=Cc3ccc4c(c3)OCO4)c3cc(Cl)ccc32)cc1. The Bertz CT molecular complexity index is 1320. The van der Waals surface area contributed by atoms with Gasteiger partial charge in [0.05, 0.1) is 18.7 Å². The lowest BCUT2D eigenvalue weighted by molar-refractivity contribution is -0.140. The van der Waals surface area contributed by atoms with E-state index in [1.165, 1.54) is 11.0 Å². The van der Waals surface area contributed by atoms with Gasteiger partial charge in [0, 0.05) is 10.6 Å². The van der Waals surface area contributed by atoms with E-state index in [1.54, 1.807) is 42.5 Å². The second kappa shape index (κ2) is 8.63. The zero-order valence-corrected chi connectivity index (χ0v) is 19.2. The van der Waals surface area contributed by atoms with Crippen LogP contribution in [0.2, 0.25) is 5.02 Å². The third-order valence-electron chi connectivity index (χ3n) is 6.04. The van der Waals surface area contributed by atoms with Crippen molar-refractivity contribution >= 4 is 35.1 Å². The number of allylic oxidation sites excluding steroid dienone is 1. The van der Waals surface area contributed by atoms with E-state index in [4.69, 9.17) is 21.1 Å². The van der Waals surface area contributed by atoms with E-state index in [1.807, 2.05) is 31.2 Å². The molecule has 0 radical (unpaired) electrons. The highest BCUT2D eigenvalue weighted by Crippen LogP contribution is 2.44. The fourth-order valence-corrected chi connectivity index (χ4v) is 4.42. The number of nitrogens with zero attached hydrogens (tertiary/aromatic N) is 1. The van der Waals surface area contributed by atoms with Crippen LogP contribution in [-0.2, 0) is 21.7 Å². The number of halogens is 1. The Morgan fingerprint density at radius 3 is 2.65 bits per heavy atom. The van der Waals surface area contributed by atoms with Crippen molar-refractivity contribution in [3.8, 4) is 11.5 Å². The average Bonchev–Trinajstić information content (AvgIpc) is 3.36. The van der Waals surface area contributed by atoms with E-state index in [-0.39, 0.29) is 13.3 Å². The van der Waals surface area contributed by atoms with Crippen molar-refractivity contribution in [1.29, 1.82) is 0 Å². The molecule has 0 aromatic heterocycles. The van der Waals surface area contributed by atoms with E-state index in [0.717, 1.165) is 16.7 Å². The molecule has 0 saturated heterocycles. The fraction of sp³-hybridized carbons (Fsp3) is 0.185. The summed E-state index contributed by atoms with van der Waals surface area (Å²) in [6, 6.07) is 18.1. The highest BCUT2D eigenvalue weighted by Gasteiger charge is 2.50. The zero-order valence-electron chi connectivity index (χ0n) is 18.5. The van der Waals surface area contributed by atoms with E-state index in [2.05, 4.69) is 0 Å². The molecule has 0 aliphatic carbocycles. The summed E-state index contributed by atoms with van der Waals surface area (Å²) in [6.45, 7) is 2.43. The Morgan fingerprint density at radius 1 is 1.09 bits per heavy atom. The number of carbonyl (C=O) groups excluding carboxylic acids is 2. The van der Waals surface area contributed by atoms with Crippen LogP contribution >= 0.6 is 11.6 Å². The maximum Gasteiger partial charge on any atom is 0.264 e. The summed E-state index contributed by atoms with van der Waals surface area (Å²) in [4.78, 5) is 27.8. The van der Waals surface area contributed by atoms with Crippen molar-refractivity contribution in [2.75, 3.05) is 11.7 Å². The van der Waals surface area contributed by atoms with Gasteiger partial charge in [0.15, 0.2) is 22.9 Å². The summed E-state index contributed by atoms with van der Waals surface area (Å²) in [5.41, 5.74) is 1.65. The molecule has 0 bridgehead atoms. The van der Waals surface area contributed by atoms with Gasteiger partial charge in [-0.15, -0.1) is 0 Å². The molecule has 2 heterocycles. The van der Waals surface area contributed by atoms with Crippen LogP contribution < -0.4 is 14.4 Å². The normalized spacial score (nSPS) is 18.6. The van der Waals surface area contributed by atoms with Gasteiger partial charge < -0.3 is 19.5 Å². The monoisotopic (exact) mass is 475 g/mol. The number of carbonyl (C=O) groups is 2. The molecule has 1 unspecified atom stereocenters. The zero-order chi connectivity index (χ0) is 23.9. The molecule has 1 atom stereocenters. The molecule has 1 amide bonds. The maximum atomic E-state index is 13.4. The summed E-state index contributed by atoms with van der Waals surface area (Å²) >= 11 is 6.19. The van der Waals surface area contributed by atoms with Crippen molar-refractivity contribution < 1.29 is 24.2 Å². The van der Waals surface area contributed by atoms with Gasteiger partial charge in [0.2, 0.25) is 6.79 Å². The molecule has 0 spiro atoms. The Hall–Kier alpha value is -3.61. The van der Waals surface area contributed by atoms with E-state index < -0.39 is 23.7 Å². The minimum Gasteiger partial charge on any atom is -0.454 e. The topological polar surface area (TPSA) is 76.1 Å². The van der Waals surface area contributed by atoms with Gasteiger partial charge in [0.1, 0.15) is 0 Å². The first-order chi connectivity index (χ1) is 16.3. The van der Waals surface area contributed by atoms with Gasteiger partial charge >= 0.3 is 0 Å². The first kappa shape index (κ1) is 22.2. The molecule has 0 saturated carbocycles. The largest absolute Gasteiger partial charge is 0.454 e. The number of aryl methyl sites for hydroxylation is 1. The van der Waals surface area contributed by atoms with Crippen LogP contribution in [0.1, 0.15) is 28.7 Å². The Kier molecular flexibility index (Phi) is 5.63. The number of aliphatic hydroxyl groups is 1. The van der Waals surface area contributed by atoms with E-state index in [9.17, 15) is 14.7 Å². The first-order valence-electron chi connectivity index (χ1n) is 10.8. The number of anilines is 1. The highest BCUT2D eigenvalue weighted by molar-refractivity contribution is 6.31. The fourth-order valence-electron chi connectivity index (χ4n) is 4.24. The van der Waals surface area contributed by atoms with Gasteiger partial charge in [-0.25, -0.2) is 0 Å². The van der Waals surface area contributed by atoms with Crippen LogP contribution in [0.25, 0.3) is 6.08 Å². The first-order valence-corrected chi connectivity index (χ1v) is 11.2. The third kappa shape index (κ3) is 4.06. The molecule has 0 fully saturated rings. The summed E-state index contributed by atoms with van der Waals surface area (Å²) < 4.78 is 10.7. The van der Waals surface area contributed by atoms with Crippen molar-refractivity contribution in [3.63, 3.8) is 0 Å². The van der Waals surface area contributed by atoms with Gasteiger partial charge in [-0.3, -0.25) is 9.59 Å². The minimum atomic E-state index is -2.00. The van der Waals surface area contributed by atoms with E-state index in [0.29, 0.717) is 27.8 Å². The third-order valence-corrected chi connectivity index (χ3v) is 6.28. The Balaban J connectivity index is 1.40.